The molecule has 2 N–H and O–H groups in total. The molecule has 4 nitrogen and oxygen atoms in total. The lowest BCUT2D eigenvalue weighted by molar-refractivity contribution is 0.119. The third-order valence-electron chi connectivity index (χ3n) is 3.28. The summed E-state index contributed by atoms with van der Waals surface area (Å²) in [7, 11) is -3.32. The van der Waals surface area contributed by atoms with Gasteiger partial charge in [-0.05, 0) is 33.6 Å². The molecular weight excluding hydrogens is 226 g/mol. The molecule has 0 saturated carbocycles. The van der Waals surface area contributed by atoms with Crippen LogP contribution in [0.25, 0.3) is 0 Å². The van der Waals surface area contributed by atoms with Crippen LogP contribution in [0, 0.1) is 5.41 Å². The van der Waals surface area contributed by atoms with Crippen LogP contribution in [0.15, 0.2) is 0 Å². The number of sulfonamides is 1. The van der Waals surface area contributed by atoms with Crippen molar-refractivity contribution in [1.82, 2.24) is 4.72 Å². The zero-order chi connectivity index (χ0) is 13.0. The molecule has 98 valence electrons. The van der Waals surface area contributed by atoms with Crippen molar-refractivity contribution in [2.75, 3.05) is 13.2 Å². The van der Waals surface area contributed by atoms with Gasteiger partial charge < -0.3 is 5.11 Å². The number of hydrogen-bond donors (Lipinski definition) is 2. The zero-order valence-electron chi connectivity index (χ0n) is 11.0. The first-order valence-corrected chi connectivity index (χ1v) is 7.22. The molecule has 0 fully saturated rings. The van der Waals surface area contributed by atoms with Gasteiger partial charge in [0.2, 0.25) is 10.0 Å². The van der Waals surface area contributed by atoms with Gasteiger partial charge in [0.25, 0.3) is 0 Å². The Hall–Kier alpha value is -0.130. The van der Waals surface area contributed by atoms with E-state index < -0.39 is 14.8 Å². The highest BCUT2D eigenvalue weighted by Crippen LogP contribution is 2.25. The van der Waals surface area contributed by atoms with Crippen LogP contribution in [0.5, 0.6) is 0 Å². The van der Waals surface area contributed by atoms with Crippen molar-refractivity contribution in [3.63, 3.8) is 0 Å². The molecule has 0 heterocycles. The van der Waals surface area contributed by atoms with E-state index in [1.807, 2.05) is 13.8 Å². The summed E-state index contributed by atoms with van der Waals surface area (Å²) in [5.41, 5.74) is -0.335. The fourth-order valence-electron chi connectivity index (χ4n) is 1.24. The Labute approximate surface area is 99.5 Å². The predicted molar refractivity (Wildman–Crippen MR) is 66.8 cm³/mol. The van der Waals surface area contributed by atoms with Crippen molar-refractivity contribution in [3.8, 4) is 0 Å². The largest absolute Gasteiger partial charge is 0.396 e. The summed E-state index contributed by atoms with van der Waals surface area (Å²) in [6, 6.07) is 0. The van der Waals surface area contributed by atoms with E-state index in [2.05, 4.69) is 4.72 Å². The van der Waals surface area contributed by atoms with Crippen LogP contribution >= 0.6 is 0 Å². The number of hydrogen-bond acceptors (Lipinski definition) is 3. The van der Waals surface area contributed by atoms with Crippen LogP contribution in [0.1, 0.15) is 47.5 Å². The lowest BCUT2D eigenvalue weighted by Gasteiger charge is -2.31. The van der Waals surface area contributed by atoms with E-state index in [0.29, 0.717) is 6.54 Å². The Morgan fingerprint density at radius 1 is 1.12 bits per heavy atom. The summed E-state index contributed by atoms with van der Waals surface area (Å²) in [5.74, 6) is 0. The van der Waals surface area contributed by atoms with Crippen molar-refractivity contribution in [2.45, 2.75) is 52.2 Å². The minimum absolute atomic E-state index is 0.00661. The van der Waals surface area contributed by atoms with Crippen molar-refractivity contribution >= 4 is 10.0 Å². The third-order valence-corrected chi connectivity index (χ3v) is 5.42. The minimum Gasteiger partial charge on any atom is -0.396 e. The molecular formula is C11H25NO3S. The molecule has 0 spiro atoms. The molecule has 0 amide bonds. The molecule has 16 heavy (non-hydrogen) atoms. The lowest BCUT2D eigenvalue weighted by Crippen LogP contribution is -2.45. The molecule has 0 saturated heterocycles. The molecule has 0 aromatic carbocycles. The average Bonchev–Trinajstić information content (AvgIpc) is 2.19. The van der Waals surface area contributed by atoms with Crippen molar-refractivity contribution in [3.05, 3.63) is 0 Å². The normalized spacial score (nSPS) is 14.1. The second kappa shape index (κ2) is 5.47. The van der Waals surface area contributed by atoms with Gasteiger partial charge in [-0.15, -0.1) is 0 Å². The summed E-state index contributed by atoms with van der Waals surface area (Å²) in [5, 5.41) is 9.34. The Morgan fingerprint density at radius 3 is 1.81 bits per heavy atom. The first-order chi connectivity index (χ1) is 7.14. The van der Waals surface area contributed by atoms with Gasteiger partial charge >= 0.3 is 0 Å². The zero-order valence-corrected chi connectivity index (χ0v) is 11.8. The van der Waals surface area contributed by atoms with E-state index in [4.69, 9.17) is 0 Å². The third kappa shape index (κ3) is 3.71. The van der Waals surface area contributed by atoms with E-state index in [-0.39, 0.29) is 12.0 Å². The van der Waals surface area contributed by atoms with Crippen molar-refractivity contribution in [1.29, 1.82) is 0 Å². The fraction of sp³-hybridized carbons (Fsp3) is 1.00. The lowest BCUT2D eigenvalue weighted by atomic mass is 9.84. The fourth-order valence-corrected chi connectivity index (χ4v) is 2.17. The Morgan fingerprint density at radius 2 is 1.56 bits per heavy atom. The smallest absolute Gasteiger partial charge is 0.216 e. The second-order valence-electron chi connectivity index (χ2n) is 5.30. The Balaban J connectivity index is 4.68. The summed E-state index contributed by atoms with van der Waals surface area (Å²) < 4.78 is 25.5. The molecule has 0 bridgehead atoms. The predicted octanol–water partition coefficient (Wildman–Crippen LogP) is 1.50. The van der Waals surface area contributed by atoms with Crippen LogP contribution < -0.4 is 4.72 Å². The number of aliphatic hydroxyl groups is 1. The SMILES string of the molecule is CCC(CC)(CO)CNS(=O)(=O)C(C)(C)C. The number of aliphatic hydroxyl groups excluding tert-OH is 1. The molecule has 0 atom stereocenters. The molecule has 0 radical (unpaired) electrons. The van der Waals surface area contributed by atoms with Gasteiger partial charge in [-0.2, -0.15) is 0 Å². The average molecular weight is 251 g/mol. The van der Waals surface area contributed by atoms with Crippen LogP contribution in [-0.2, 0) is 10.0 Å². The van der Waals surface area contributed by atoms with E-state index >= 15 is 0 Å². The summed E-state index contributed by atoms with van der Waals surface area (Å²) in [6.07, 6.45) is 1.51. The van der Waals surface area contributed by atoms with Gasteiger partial charge in [0.1, 0.15) is 0 Å². The maximum Gasteiger partial charge on any atom is 0.216 e. The van der Waals surface area contributed by atoms with Crippen LogP contribution in [0.2, 0.25) is 0 Å². The Kier molecular flexibility index (Phi) is 5.42. The van der Waals surface area contributed by atoms with Crippen molar-refractivity contribution < 1.29 is 13.5 Å². The van der Waals surface area contributed by atoms with Crippen molar-refractivity contribution in [2.24, 2.45) is 5.41 Å². The van der Waals surface area contributed by atoms with Gasteiger partial charge in [-0.3, -0.25) is 0 Å². The van der Waals surface area contributed by atoms with Gasteiger partial charge in [-0.25, -0.2) is 13.1 Å². The van der Waals surface area contributed by atoms with E-state index in [1.54, 1.807) is 20.8 Å². The summed E-state index contributed by atoms with van der Waals surface area (Å²) >= 11 is 0. The van der Waals surface area contributed by atoms with E-state index in [0.717, 1.165) is 12.8 Å². The molecule has 0 aliphatic rings. The van der Waals surface area contributed by atoms with Gasteiger partial charge in [-0.1, -0.05) is 13.8 Å². The standard InChI is InChI=1S/C11H25NO3S/c1-6-11(7-2,9-13)8-12-16(14,15)10(3,4)5/h12-13H,6-9H2,1-5H3. The molecule has 5 heteroatoms. The maximum atomic E-state index is 11.9. The van der Waals surface area contributed by atoms with Crippen LogP contribution in [-0.4, -0.2) is 31.4 Å². The molecule has 0 aliphatic heterocycles. The minimum atomic E-state index is -3.32. The molecule has 0 aromatic rings. The van der Waals surface area contributed by atoms with E-state index in [9.17, 15) is 13.5 Å². The van der Waals surface area contributed by atoms with Gasteiger partial charge in [0.05, 0.1) is 4.75 Å². The molecule has 0 rings (SSSR count). The Bertz CT molecular complexity index is 291. The first-order valence-electron chi connectivity index (χ1n) is 5.74. The second-order valence-corrected chi connectivity index (χ2v) is 7.82. The highest BCUT2D eigenvalue weighted by atomic mass is 32.2. The molecule has 0 unspecified atom stereocenters. The monoisotopic (exact) mass is 251 g/mol. The maximum absolute atomic E-state index is 11.9. The quantitative estimate of drug-likeness (QED) is 0.752. The van der Waals surface area contributed by atoms with Crippen LogP contribution in [0.4, 0.5) is 0 Å². The molecule has 0 aromatic heterocycles. The summed E-state index contributed by atoms with van der Waals surface area (Å²) in [4.78, 5) is 0. The van der Waals surface area contributed by atoms with Gasteiger partial charge in [0.15, 0.2) is 0 Å². The highest BCUT2D eigenvalue weighted by Gasteiger charge is 2.32. The highest BCUT2D eigenvalue weighted by molar-refractivity contribution is 7.90. The van der Waals surface area contributed by atoms with E-state index in [1.165, 1.54) is 0 Å². The topological polar surface area (TPSA) is 66.4 Å². The van der Waals surface area contributed by atoms with Gasteiger partial charge in [0, 0.05) is 18.6 Å². The molecule has 0 aliphatic carbocycles. The van der Waals surface area contributed by atoms with Crippen LogP contribution in [0.3, 0.4) is 0 Å². The number of rotatable bonds is 6. The summed E-state index contributed by atoms with van der Waals surface area (Å²) in [6.45, 7) is 9.22. The first kappa shape index (κ1) is 15.9. The number of nitrogens with one attached hydrogen (secondary N) is 1.